The summed E-state index contributed by atoms with van der Waals surface area (Å²) in [6, 6.07) is 8.11. The van der Waals surface area contributed by atoms with Gasteiger partial charge in [0.2, 0.25) is 0 Å². The van der Waals surface area contributed by atoms with Gasteiger partial charge in [-0.05, 0) is 30.9 Å². The van der Waals surface area contributed by atoms with Crippen molar-refractivity contribution in [3.8, 4) is 0 Å². The number of anilines is 1. The van der Waals surface area contributed by atoms with Crippen LogP contribution in [0.5, 0.6) is 0 Å². The average molecular weight is 218 g/mol. The average Bonchev–Trinajstić information content (AvgIpc) is 2.34. The van der Waals surface area contributed by atoms with Gasteiger partial charge >= 0.3 is 0 Å². The lowest BCUT2D eigenvalue weighted by Crippen LogP contribution is -1.92. The fourth-order valence-corrected chi connectivity index (χ4v) is 1.52. The molecule has 0 radical (unpaired) electrons. The number of rotatable bonds is 6. The minimum absolute atomic E-state index is 0.797. The molecule has 0 bridgehead atoms. The van der Waals surface area contributed by atoms with Gasteiger partial charge in [0.15, 0.2) is 0 Å². The summed E-state index contributed by atoms with van der Waals surface area (Å²) < 4.78 is 0. The number of para-hydroxylation sites is 2. The zero-order valence-corrected chi connectivity index (χ0v) is 10.5. The summed E-state index contributed by atoms with van der Waals surface area (Å²) in [6.07, 6.45) is 5.57. The summed E-state index contributed by atoms with van der Waals surface area (Å²) >= 11 is 0. The van der Waals surface area contributed by atoms with E-state index in [2.05, 4.69) is 24.2 Å². The van der Waals surface area contributed by atoms with E-state index in [1.54, 1.807) is 0 Å². The molecular weight excluding hydrogens is 196 g/mol. The third-order valence-electron chi connectivity index (χ3n) is 2.89. The highest BCUT2D eigenvalue weighted by molar-refractivity contribution is 5.72. The summed E-state index contributed by atoms with van der Waals surface area (Å²) in [7, 11) is 1.92. The molecule has 0 fully saturated rings. The Bertz CT molecular complexity index is 331. The SMILES string of the molecule is CCC(C)CCC=Nc1ccccc1NC. The van der Waals surface area contributed by atoms with Gasteiger partial charge in [-0.2, -0.15) is 0 Å². The van der Waals surface area contributed by atoms with E-state index in [9.17, 15) is 0 Å². The maximum Gasteiger partial charge on any atom is 0.0856 e. The standard InChI is InChI=1S/C14H22N2/c1-4-12(2)8-7-11-16-14-10-6-5-9-13(14)15-3/h5-6,9-12,15H,4,7-8H2,1-3H3. The van der Waals surface area contributed by atoms with E-state index in [1.165, 1.54) is 12.8 Å². The van der Waals surface area contributed by atoms with E-state index in [1.807, 2.05) is 37.5 Å². The highest BCUT2D eigenvalue weighted by Crippen LogP contribution is 2.23. The van der Waals surface area contributed by atoms with Crippen molar-refractivity contribution >= 4 is 17.6 Å². The van der Waals surface area contributed by atoms with Crippen molar-refractivity contribution in [2.24, 2.45) is 10.9 Å². The fourth-order valence-electron chi connectivity index (χ4n) is 1.52. The third-order valence-corrected chi connectivity index (χ3v) is 2.89. The second-order valence-corrected chi connectivity index (χ2v) is 4.17. The van der Waals surface area contributed by atoms with Crippen molar-refractivity contribution in [3.05, 3.63) is 24.3 Å². The topological polar surface area (TPSA) is 24.4 Å². The Labute approximate surface area is 98.8 Å². The molecule has 0 aliphatic carbocycles. The van der Waals surface area contributed by atoms with Crippen molar-refractivity contribution in [1.82, 2.24) is 0 Å². The van der Waals surface area contributed by atoms with E-state index in [-0.39, 0.29) is 0 Å². The van der Waals surface area contributed by atoms with Gasteiger partial charge in [0.05, 0.1) is 11.4 Å². The predicted molar refractivity (Wildman–Crippen MR) is 72.8 cm³/mol. The number of hydrogen-bond acceptors (Lipinski definition) is 2. The molecule has 88 valence electrons. The van der Waals surface area contributed by atoms with Crippen molar-refractivity contribution in [3.63, 3.8) is 0 Å². The third kappa shape index (κ3) is 4.05. The zero-order valence-electron chi connectivity index (χ0n) is 10.5. The van der Waals surface area contributed by atoms with E-state index < -0.39 is 0 Å². The van der Waals surface area contributed by atoms with Gasteiger partial charge in [-0.25, -0.2) is 0 Å². The van der Waals surface area contributed by atoms with E-state index in [0.717, 1.165) is 23.7 Å². The Morgan fingerprint density at radius 2 is 2.12 bits per heavy atom. The molecule has 0 aliphatic rings. The Kier molecular flexibility index (Phi) is 5.62. The molecule has 2 heteroatoms. The largest absolute Gasteiger partial charge is 0.386 e. The van der Waals surface area contributed by atoms with Crippen LogP contribution in [0, 0.1) is 5.92 Å². The Balaban J connectivity index is 2.49. The van der Waals surface area contributed by atoms with Crippen molar-refractivity contribution in [2.45, 2.75) is 33.1 Å². The van der Waals surface area contributed by atoms with E-state index in [4.69, 9.17) is 0 Å². The highest BCUT2D eigenvalue weighted by atomic mass is 14.9. The predicted octanol–water partition coefficient (Wildman–Crippen LogP) is 4.26. The number of nitrogens with zero attached hydrogens (tertiary/aromatic N) is 1. The van der Waals surface area contributed by atoms with E-state index >= 15 is 0 Å². The first-order chi connectivity index (χ1) is 7.77. The molecule has 0 amide bonds. The molecule has 1 aromatic carbocycles. The minimum Gasteiger partial charge on any atom is -0.386 e. The number of hydrogen-bond donors (Lipinski definition) is 1. The summed E-state index contributed by atoms with van der Waals surface area (Å²) in [5.74, 6) is 0.797. The molecule has 1 unspecified atom stereocenters. The molecule has 0 saturated carbocycles. The number of nitrogens with one attached hydrogen (secondary N) is 1. The number of benzene rings is 1. The van der Waals surface area contributed by atoms with Crippen molar-refractivity contribution in [2.75, 3.05) is 12.4 Å². The fraction of sp³-hybridized carbons (Fsp3) is 0.500. The monoisotopic (exact) mass is 218 g/mol. The number of aliphatic imine (C=N–C) groups is 1. The highest BCUT2D eigenvalue weighted by Gasteiger charge is 1.97. The quantitative estimate of drug-likeness (QED) is 0.709. The van der Waals surface area contributed by atoms with Crippen LogP contribution >= 0.6 is 0 Å². The molecular formula is C14H22N2. The molecule has 2 nitrogen and oxygen atoms in total. The van der Waals surface area contributed by atoms with Crippen LogP contribution in [0.15, 0.2) is 29.3 Å². The molecule has 1 rings (SSSR count). The van der Waals surface area contributed by atoms with Gasteiger partial charge in [-0.1, -0.05) is 32.4 Å². The molecule has 1 N–H and O–H groups in total. The van der Waals surface area contributed by atoms with Crippen LogP contribution in [-0.4, -0.2) is 13.3 Å². The maximum absolute atomic E-state index is 4.50. The van der Waals surface area contributed by atoms with Gasteiger partial charge in [-0.3, -0.25) is 4.99 Å². The first-order valence-corrected chi connectivity index (χ1v) is 6.07. The molecule has 0 aliphatic heterocycles. The second-order valence-electron chi connectivity index (χ2n) is 4.17. The van der Waals surface area contributed by atoms with Gasteiger partial charge in [-0.15, -0.1) is 0 Å². The maximum atomic E-state index is 4.50. The van der Waals surface area contributed by atoms with Crippen LogP contribution in [0.3, 0.4) is 0 Å². The normalized spacial score (nSPS) is 12.9. The lowest BCUT2D eigenvalue weighted by atomic mass is 10.0. The molecule has 0 aromatic heterocycles. The second kappa shape index (κ2) is 7.04. The zero-order chi connectivity index (χ0) is 11.8. The summed E-state index contributed by atoms with van der Waals surface area (Å²) in [5, 5.41) is 3.14. The van der Waals surface area contributed by atoms with E-state index in [0.29, 0.717) is 0 Å². The molecule has 1 aromatic rings. The smallest absolute Gasteiger partial charge is 0.0856 e. The molecule has 0 heterocycles. The van der Waals surface area contributed by atoms with Crippen molar-refractivity contribution < 1.29 is 0 Å². The molecule has 0 saturated heterocycles. The van der Waals surface area contributed by atoms with Gasteiger partial charge in [0.1, 0.15) is 0 Å². The summed E-state index contributed by atoms with van der Waals surface area (Å²) in [5.41, 5.74) is 2.11. The minimum atomic E-state index is 0.797. The Hall–Kier alpha value is -1.31. The first kappa shape index (κ1) is 12.8. The lowest BCUT2D eigenvalue weighted by molar-refractivity contribution is 0.530. The summed E-state index contributed by atoms with van der Waals surface area (Å²) in [4.78, 5) is 4.50. The lowest BCUT2D eigenvalue weighted by Gasteiger charge is -2.05. The van der Waals surface area contributed by atoms with Crippen LogP contribution < -0.4 is 5.32 Å². The van der Waals surface area contributed by atoms with Crippen LogP contribution in [0.25, 0.3) is 0 Å². The molecule has 16 heavy (non-hydrogen) atoms. The van der Waals surface area contributed by atoms with Gasteiger partial charge < -0.3 is 5.32 Å². The molecule has 0 spiro atoms. The molecule has 1 atom stereocenters. The van der Waals surface area contributed by atoms with Gasteiger partial charge in [0, 0.05) is 13.3 Å². The Morgan fingerprint density at radius 1 is 1.38 bits per heavy atom. The van der Waals surface area contributed by atoms with Gasteiger partial charge in [0.25, 0.3) is 0 Å². The van der Waals surface area contributed by atoms with Crippen LogP contribution in [0.1, 0.15) is 33.1 Å². The van der Waals surface area contributed by atoms with Crippen LogP contribution in [0.4, 0.5) is 11.4 Å². The van der Waals surface area contributed by atoms with Crippen LogP contribution in [-0.2, 0) is 0 Å². The van der Waals surface area contributed by atoms with Crippen molar-refractivity contribution in [1.29, 1.82) is 0 Å². The van der Waals surface area contributed by atoms with Crippen LogP contribution in [0.2, 0.25) is 0 Å². The summed E-state index contributed by atoms with van der Waals surface area (Å²) in [6.45, 7) is 4.52. The first-order valence-electron chi connectivity index (χ1n) is 6.07. The Morgan fingerprint density at radius 3 is 2.81 bits per heavy atom.